The first-order valence-electron chi connectivity index (χ1n) is 9.61. The van der Waals surface area contributed by atoms with Gasteiger partial charge in [-0.15, -0.1) is 5.92 Å². The number of primary amides is 1. The minimum Gasteiger partial charge on any atom is -0.380 e. The number of carbonyl (C=O) groups excluding carboxylic acids is 1. The molecule has 0 bridgehead atoms. The lowest BCUT2D eigenvalue weighted by Crippen LogP contribution is -2.09. The van der Waals surface area contributed by atoms with Crippen molar-refractivity contribution in [3.05, 3.63) is 0 Å². The third-order valence-electron chi connectivity index (χ3n) is 4.07. The summed E-state index contributed by atoms with van der Waals surface area (Å²) in [5, 5.41) is 9.59. The van der Waals surface area contributed by atoms with Crippen LogP contribution in [-0.4, -0.2) is 17.1 Å². The molecule has 23 heavy (non-hydrogen) atoms. The first kappa shape index (κ1) is 22.0. The molecule has 0 aliphatic carbocycles. The van der Waals surface area contributed by atoms with E-state index in [1.165, 1.54) is 44.9 Å². The highest BCUT2D eigenvalue weighted by molar-refractivity contribution is 5.73. The number of carbonyl (C=O) groups is 1. The Labute approximate surface area is 143 Å². The van der Waals surface area contributed by atoms with E-state index in [0.29, 0.717) is 6.42 Å². The molecule has 0 radical (unpaired) electrons. The molecule has 0 aromatic carbocycles. The largest absolute Gasteiger partial charge is 0.380 e. The highest BCUT2D eigenvalue weighted by Gasteiger charge is 1.97. The summed E-state index contributed by atoms with van der Waals surface area (Å²) >= 11 is 0. The van der Waals surface area contributed by atoms with E-state index in [-0.39, 0.29) is 5.91 Å². The zero-order valence-corrected chi connectivity index (χ0v) is 15.1. The van der Waals surface area contributed by atoms with Gasteiger partial charge in [0.05, 0.1) is 0 Å². The number of unbranched alkanes of at least 4 members (excludes halogenated alkanes) is 11. The van der Waals surface area contributed by atoms with Gasteiger partial charge in [-0.2, -0.15) is 0 Å². The van der Waals surface area contributed by atoms with Gasteiger partial charge >= 0.3 is 0 Å². The summed E-state index contributed by atoms with van der Waals surface area (Å²) in [5.74, 6) is 5.86. The number of aliphatic hydroxyl groups excluding tert-OH is 1. The minimum atomic E-state index is -0.419. The zero-order chi connectivity index (χ0) is 17.2. The monoisotopic (exact) mass is 323 g/mol. The normalized spacial score (nSPS) is 11.7. The van der Waals surface area contributed by atoms with E-state index in [0.717, 1.165) is 44.9 Å². The Balaban J connectivity index is 3.19. The summed E-state index contributed by atoms with van der Waals surface area (Å²) in [4.78, 5) is 10.6. The van der Waals surface area contributed by atoms with Crippen LogP contribution in [0.25, 0.3) is 0 Å². The smallest absolute Gasteiger partial charge is 0.217 e. The molecule has 3 N–H and O–H groups in total. The van der Waals surface area contributed by atoms with Gasteiger partial charge < -0.3 is 10.8 Å². The van der Waals surface area contributed by atoms with E-state index in [1.54, 1.807) is 0 Å². The Kier molecular flexibility index (Phi) is 16.6. The van der Waals surface area contributed by atoms with Crippen molar-refractivity contribution in [3.63, 3.8) is 0 Å². The fourth-order valence-electron chi connectivity index (χ4n) is 2.59. The van der Waals surface area contributed by atoms with Gasteiger partial charge in [-0.3, -0.25) is 4.79 Å². The lowest BCUT2D eigenvalue weighted by molar-refractivity contribution is -0.118. The quantitative estimate of drug-likeness (QED) is 0.339. The van der Waals surface area contributed by atoms with Crippen LogP contribution in [0.15, 0.2) is 0 Å². The van der Waals surface area contributed by atoms with Crippen LogP contribution >= 0.6 is 0 Å². The van der Waals surface area contributed by atoms with Crippen molar-refractivity contribution in [1.29, 1.82) is 0 Å². The van der Waals surface area contributed by atoms with E-state index in [4.69, 9.17) is 5.73 Å². The Bertz CT molecular complexity index is 330. The summed E-state index contributed by atoms with van der Waals surface area (Å²) in [7, 11) is 0. The first-order valence-corrected chi connectivity index (χ1v) is 9.61. The molecule has 3 heteroatoms. The van der Waals surface area contributed by atoms with E-state index in [9.17, 15) is 9.90 Å². The Hall–Kier alpha value is -1.01. The molecule has 1 atom stereocenters. The predicted octanol–water partition coefficient (Wildman–Crippen LogP) is 4.71. The molecule has 0 rings (SSSR count). The Morgan fingerprint density at radius 1 is 0.913 bits per heavy atom. The standard InChI is InChI=1S/C20H37NO2/c1-2-3-16-19(22)17-14-12-10-8-6-4-5-7-9-11-13-15-18-20(21)23/h19,22H,2-13,15-16,18H2,1H3,(H2,21,23). The number of aliphatic hydroxyl groups is 1. The van der Waals surface area contributed by atoms with Crippen LogP contribution in [0.5, 0.6) is 0 Å². The number of hydrogen-bond acceptors (Lipinski definition) is 2. The van der Waals surface area contributed by atoms with Gasteiger partial charge in [0.25, 0.3) is 0 Å². The van der Waals surface area contributed by atoms with Crippen molar-refractivity contribution >= 4 is 5.91 Å². The molecule has 3 nitrogen and oxygen atoms in total. The summed E-state index contributed by atoms with van der Waals surface area (Å²) < 4.78 is 0. The zero-order valence-electron chi connectivity index (χ0n) is 15.1. The van der Waals surface area contributed by atoms with Crippen LogP contribution in [0.3, 0.4) is 0 Å². The number of amides is 1. The number of rotatable bonds is 15. The molecule has 0 fully saturated rings. The fourth-order valence-corrected chi connectivity index (χ4v) is 2.59. The summed E-state index contributed by atoms with van der Waals surface area (Å²) in [5.41, 5.74) is 5.11. The van der Waals surface area contributed by atoms with Crippen molar-refractivity contribution in [2.24, 2.45) is 5.73 Å². The average molecular weight is 324 g/mol. The minimum absolute atomic E-state index is 0.176. The molecule has 1 amide bonds. The summed E-state index contributed by atoms with van der Waals surface area (Å²) in [6.07, 6.45) is 16.2. The van der Waals surface area contributed by atoms with Crippen molar-refractivity contribution in [3.8, 4) is 11.8 Å². The van der Waals surface area contributed by atoms with Crippen molar-refractivity contribution in [2.75, 3.05) is 0 Å². The van der Waals surface area contributed by atoms with Gasteiger partial charge in [-0.25, -0.2) is 0 Å². The molecule has 0 saturated heterocycles. The molecular formula is C20H37NO2. The highest BCUT2D eigenvalue weighted by atomic mass is 16.3. The molecule has 0 spiro atoms. The lowest BCUT2D eigenvalue weighted by atomic mass is 10.1. The highest BCUT2D eigenvalue weighted by Crippen LogP contribution is 2.11. The fraction of sp³-hybridized carbons (Fsp3) is 0.850. The molecule has 0 aliphatic heterocycles. The Morgan fingerprint density at radius 2 is 1.43 bits per heavy atom. The van der Waals surface area contributed by atoms with Gasteiger partial charge in [0.2, 0.25) is 5.91 Å². The van der Waals surface area contributed by atoms with Gasteiger partial charge in [-0.05, 0) is 19.3 Å². The third kappa shape index (κ3) is 18.9. The van der Waals surface area contributed by atoms with Crippen LogP contribution in [0.1, 0.15) is 103 Å². The van der Waals surface area contributed by atoms with Crippen LogP contribution in [0.2, 0.25) is 0 Å². The SMILES string of the molecule is CCCCC(O)C#CCCCCCCCCCCCCC(N)=O. The van der Waals surface area contributed by atoms with Gasteiger partial charge in [-0.1, -0.05) is 77.1 Å². The topological polar surface area (TPSA) is 63.3 Å². The number of nitrogens with two attached hydrogens (primary N) is 1. The molecule has 134 valence electrons. The number of hydrogen-bond donors (Lipinski definition) is 2. The Morgan fingerprint density at radius 3 is 1.96 bits per heavy atom. The summed E-state index contributed by atoms with van der Waals surface area (Å²) in [6, 6.07) is 0. The molecule has 0 aliphatic rings. The predicted molar refractivity (Wildman–Crippen MR) is 97.9 cm³/mol. The van der Waals surface area contributed by atoms with Crippen molar-refractivity contribution in [2.45, 2.75) is 109 Å². The molecular weight excluding hydrogens is 286 g/mol. The van der Waals surface area contributed by atoms with Crippen LogP contribution in [0, 0.1) is 11.8 Å². The molecule has 0 saturated carbocycles. The van der Waals surface area contributed by atoms with E-state index >= 15 is 0 Å². The van der Waals surface area contributed by atoms with E-state index < -0.39 is 6.10 Å². The summed E-state index contributed by atoms with van der Waals surface area (Å²) in [6.45, 7) is 2.13. The lowest BCUT2D eigenvalue weighted by Gasteiger charge is -2.02. The average Bonchev–Trinajstić information content (AvgIpc) is 2.52. The maximum absolute atomic E-state index is 10.6. The van der Waals surface area contributed by atoms with Crippen LogP contribution < -0.4 is 5.73 Å². The van der Waals surface area contributed by atoms with Crippen molar-refractivity contribution < 1.29 is 9.90 Å². The second kappa shape index (κ2) is 17.3. The molecule has 1 unspecified atom stereocenters. The molecule has 0 heterocycles. The van der Waals surface area contributed by atoms with Gasteiger partial charge in [0.15, 0.2) is 0 Å². The van der Waals surface area contributed by atoms with Gasteiger partial charge in [0.1, 0.15) is 6.10 Å². The molecule has 0 aromatic heterocycles. The third-order valence-corrected chi connectivity index (χ3v) is 4.07. The second-order valence-corrected chi connectivity index (χ2v) is 6.48. The maximum atomic E-state index is 10.6. The van der Waals surface area contributed by atoms with E-state index in [2.05, 4.69) is 18.8 Å². The van der Waals surface area contributed by atoms with Crippen LogP contribution in [0.4, 0.5) is 0 Å². The van der Waals surface area contributed by atoms with Crippen molar-refractivity contribution in [1.82, 2.24) is 0 Å². The van der Waals surface area contributed by atoms with Crippen LogP contribution in [-0.2, 0) is 4.79 Å². The first-order chi connectivity index (χ1) is 11.2. The van der Waals surface area contributed by atoms with Gasteiger partial charge in [0, 0.05) is 12.8 Å². The second-order valence-electron chi connectivity index (χ2n) is 6.48. The molecule has 0 aromatic rings. The van der Waals surface area contributed by atoms with E-state index in [1.807, 2.05) is 0 Å². The maximum Gasteiger partial charge on any atom is 0.217 e.